The molecule has 0 saturated heterocycles. The first-order valence-corrected chi connectivity index (χ1v) is 7.09. The van der Waals surface area contributed by atoms with Crippen molar-refractivity contribution in [3.63, 3.8) is 0 Å². The molecule has 1 aliphatic rings. The highest BCUT2D eigenvalue weighted by Crippen LogP contribution is 2.28. The summed E-state index contributed by atoms with van der Waals surface area (Å²) >= 11 is 0. The van der Waals surface area contributed by atoms with Gasteiger partial charge in [0.05, 0.1) is 6.61 Å². The van der Waals surface area contributed by atoms with Crippen LogP contribution in [0.2, 0.25) is 0 Å². The van der Waals surface area contributed by atoms with E-state index in [4.69, 9.17) is 14.2 Å². The number of hydrogen-bond donors (Lipinski definition) is 1. The van der Waals surface area contributed by atoms with Crippen molar-refractivity contribution in [2.45, 2.75) is 45.9 Å². The minimum Gasteiger partial charge on any atom is -0.467 e. The third-order valence-electron chi connectivity index (χ3n) is 2.96. The lowest BCUT2D eigenvalue weighted by Gasteiger charge is -2.26. The van der Waals surface area contributed by atoms with Crippen LogP contribution in [0, 0.1) is 0 Å². The number of ether oxygens (including phenoxy) is 3. The van der Waals surface area contributed by atoms with E-state index < -0.39 is 17.6 Å². The zero-order chi connectivity index (χ0) is 16.3. The molecule has 1 aliphatic heterocycles. The summed E-state index contributed by atoms with van der Waals surface area (Å²) in [7, 11) is 0. The molecule has 1 aromatic carbocycles. The SMILES string of the molecule is CC(=O)O[C@@H](C(=O)NC(C)(C)C)c1ccc2c(c1)COCO2. The molecular formula is C16H21NO5. The van der Waals surface area contributed by atoms with E-state index in [9.17, 15) is 9.59 Å². The van der Waals surface area contributed by atoms with Gasteiger partial charge in [-0.15, -0.1) is 0 Å². The molecule has 1 amide bonds. The summed E-state index contributed by atoms with van der Waals surface area (Å²) in [6, 6.07) is 5.25. The van der Waals surface area contributed by atoms with Crippen molar-refractivity contribution in [2.24, 2.45) is 0 Å². The third-order valence-corrected chi connectivity index (χ3v) is 2.96. The van der Waals surface area contributed by atoms with Crippen LogP contribution in [0.4, 0.5) is 0 Å². The highest BCUT2D eigenvalue weighted by molar-refractivity contribution is 5.85. The Kier molecular flexibility index (Phi) is 4.71. The standard InChI is InChI=1S/C16H21NO5/c1-10(18)22-14(15(19)17-16(2,3)4)11-5-6-13-12(7-11)8-20-9-21-13/h5-7,14H,8-9H2,1-4H3,(H,17,19)/t14-/m1/s1. The van der Waals surface area contributed by atoms with E-state index in [1.165, 1.54) is 6.92 Å². The molecule has 0 unspecified atom stereocenters. The maximum Gasteiger partial charge on any atom is 0.303 e. The molecule has 1 aromatic rings. The van der Waals surface area contributed by atoms with Crippen molar-refractivity contribution >= 4 is 11.9 Å². The van der Waals surface area contributed by atoms with E-state index in [0.717, 1.165) is 5.56 Å². The highest BCUT2D eigenvalue weighted by Gasteiger charge is 2.28. The second-order valence-corrected chi connectivity index (χ2v) is 6.21. The van der Waals surface area contributed by atoms with E-state index >= 15 is 0 Å². The largest absolute Gasteiger partial charge is 0.467 e. The predicted octanol–water partition coefficient (Wildman–Crippen LogP) is 2.07. The summed E-state index contributed by atoms with van der Waals surface area (Å²) in [4.78, 5) is 23.7. The van der Waals surface area contributed by atoms with Crippen LogP contribution in [0.5, 0.6) is 5.75 Å². The molecule has 0 bridgehead atoms. The lowest BCUT2D eigenvalue weighted by molar-refractivity contribution is -0.155. The number of esters is 1. The Morgan fingerprint density at radius 3 is 2.68 bits per heavy atom. The van der Waals surface area contributed by atoms with Crippen LogP contribution >= 0.6 is 0 Å². The zero-order valence-electron chi connectivity index (χ0n) is 13.3. The van der Waals surface area contributed by atoms with E-state index in [2.05, 4.69) is 5.32 Å². The molecule has 0 aliphatic carbocycles. The Labute approximate surface area is 129 Å². The molecule has 1 heterocycles. The number of fused-ring (bicyclic) bond motifs is 1. The first kappa shape index (κ1) is 16.3. The monoisotopic (exact) mass is 307 g/mol. The molecule has 0 radical (unpaired) electrons. The zero-order valence-corrected chi connectivity index (χ0v) is 13.3. The quantitative estimate of drug-likeness (QED) is 0.865. The average Bonchev–Trinajstić information content (AvgIpc) is 2.42. The van der Waals surface area contributed by atoms with E-state index in [1.54, 1.807) is 18.2 Å². The van der Waals surface area contributed by atoms with Gasteiger partial charge in [0.2, 0.25) is 6.10 Å². The minimum atomic E-state index is -0.996. The molecule has 0 fully saturated rings. The van der Waals surface area contributed by atoms with Gasteiger partial charge in [-0.25, -0.2) is 0 Å². The first-order chi connectivity index (χ1) is 10.3. The lowest BCUT2D eigenvalue weighted by atomic mass is 10.0. The molecule has 120 valence electrons. The number of benzene rings is 1. The Bertz CT molecular complexity index is 576. The summed E-state index contributed by atoms with van der Waals surface area (Å²) in [5.74, 6) is -0.160. The summed E-state index contributed by atoms with van der Waals surface area (Å²) in [5.41, 5.74) is 0.991. The van der Waals surface area contributed by atoms with Gasteiger partial charge in [0.1, 0.15) is 5.75 Å². The highest BCUT2D eigenvalue weighted by atomic mass is 16.7. The summed E-state index contributed by atoms with van der Waals surface area (Å²) < 4.78 is 15.8. The minimum absolute atomic E-state index is 0.213. The average molecular weight is 307 g/mol. The molecule has 22 heavy (non-hydrogen) atoms. The molecular weight excluding hydrogens is 286 g/mol. The number of rotatable bonds is 3. The number of nitrogens with one attached hydrogen (secondary N) is 1. The number of hydrogen-bond acceptors (Lipinski definition) is 5. The normalized spacial score (nSPS) is 15.3. The van der Waals surface area contributed by atoms with Crippen LogP contribution in [0.1, 0.15) is 44.9 Å². The predicted molar refractivity (Wildman–Crippen MR) is 79.1 cm³/mol. The second-order valence-electron chi connectivity index (χ2n) is 6.21. The lowest BCUT2D eigenvalue weighted by Crippen LogP contribution is -2.44. The Morgan fingerprint density at radius 1 is 1.32 bits per heavy atom. The number of carbonyl (C=O) groups excluding carboxylic acids is 2. The van der Waals surface area contributed by atoms with E-state index in [1.807, 2.05) is 20.8 Å². The molecule has 6 heteroatoms. The molecule has 2 rings (SSSR count). The van der Waals surface area contributed by atoms with Crippen LogP contribution < -0.4 is 10.1 Å². The molecule has 1 N–H and O–H groups in total. The number of amides is 1. The van der Waals surface area contributed by atoms with E-state index in [-0.39, 0.29) is 12.7 Å². The fraction of sp³-hybridized carbons (Fsp3) is 0.500. The molecule has 0 spiro atoms. The maximum absolute atomic E-state index is 12.4. The summed E-state index contributed by atoms with van der Waals surface area (Å²) in [6.45, 7) is 7.49. The summed E-state index contributed by atoms with van der Waals surface area (Å²) in [6.07, 6.45) is -0.996. The maximum atomic E-state index is 12.4. The first-order valence-electron chi connectivity index (χ1n) is 7.09. The van der Waals surface area contributed by atoms with Gasteiger partial charge in [0.25, 0.3) is 5.91 Å². The van der Waals surface area contributed by atoms with Crippen molar-refractivity contribution in [2.75, 3.05) is 6.79 Å². The van der Waals surface area contributed by atoms with Gasteiger partial charge in [0.15, 0.2) is 6.79 Å². The van der Waals surface area contributed by atoms with Crippen molar-refractivity contribution in [1.82, 2.24) is 5.32 Å². The molecule has 1 atom stereocenters. The smallest absolute Gasteiger partial charge is 0.303 e. The molecule has 0 saturated carbocycles. The molecule has 6 nitrogen and oxygen atoms in total. The van der Waals surface area contributed by atoms with Crippen molar-refractivity contribution < 1.29 is 23.8 Å². The fourth-order valence-electron chi connectivity index (χ4n) is 2.15. The van der Waals surface area contributed by atoms with Gasteiger partial charge in [0, 0.05) is 23.6 Å². The van der Waals surface area contributed by atoms with Gasteiger partial charge in [-0.2, -0.15) is 0 Å². The number of carbonyl (C=O) groups is 2. The summed E-state index contributed by atoms with van der Waals surface area (Å²) in [5, 5.41) is 2.82. The van der Waals surface area contributed by atoms with Crippen LogP contribution in [-0.2, 0) is 25.7 Å². The Hall–Kier alpha value is -2.08. The third kappa shape index (κ3) is 4.21. The Balaban J connectivity index is 2.28. The van der Waals surface area contributed by atoms with Crippen LogP contribution in [-0.4, -0.2) is 24.2 Å². The van der Waals surface area contributed by atoms with Gasteiger partial charge < -0.3 is 19.5 Å². The van der Waals surface area contributed by atoms with Crippen molar-refractivity contribution in [3.8, 4) is 5.75 Å². The van der Waals surface area contributed by atoms with Gasteiger partial charge in [-0.1, -0.05) is 6.07 Å². The van der Waals surface area contributed by atoms with Gasteiger partial charge in [-0.3, -0.25) is 9.59 Å². The van der Waals surface area contributed by atoms with Gasteiger partial charge >= 0.3 is 5.97 Å². The molecule has 0 aromatic heterocycles. The topological polar surface area (TPSA) is 73.9 Å². The van der Waals surface area contributed by atoms with E-state index in [0.29, 0.717) is 17.9 Å². The van der Waals surface area contributed by atoms with Crippen LogP contribution in [0.3, 0.4) is 0 Å². The van der Waals surface area contributed by atoms with Crippen LogP contribution in [0.15, 0.2) is 18.2 Å². The Morgan fingerprint density at radius 2 is 2.05 bits per heavy atom. The van der Waals surface area contributed by atoms with Gasteiger partial charge in [-0.05, 0) is 32.9 Å². The van der Waals surface area contributed by atoms with Crippen molar-refractivity contribution in [3.05, 3.63) is 29.3 Å². The second kappa shape index (κ2) is 6.36. The fourth-order valence-corrected chi connectivity index (χ4v) is 2.15. The van der Waals surface area contributed by atoms with Crippen molar-refractivity contribution in [1.29, 1.82) is 0 Å². The van der Waals surface area contributed by atoms with Crippen LogP contribution in [0.25, 0.3) is 0 Å².